The molecule has 0 atom stereocenters. The molecule has 1 aromatic carbocycles. The zero-order valence-electron chi connectivity index (χ0n) is 16.9. The third-order valence-corrected chi connectivity index (χ3v) is 4.12. The molecule has 0 heterocycles. The van der Waals surface area contributed by atoms with E-state index in [2.05, 4.69) is 20.6 Å². The third-order valence-electron chi connectivity index (χ3n) is 4.12. The van der Waals surface area contributed by atoms with Crippen LogP contribution in [0.25, 0.3) is 0 Å². The lowest BCUT2D eigenvalue weighted by molar-refractivity contribution is -0.125. The Morgan fingerprint density at radius 1 is 1.07 bits per heavy atom. The molecule has 148 valence electrons. The van der Waals surface area contributed by atoms with Crippen LogP contribution in [0.5, 0.6) is 0 Å². The Morgan fingerprint density at radius 2 is 1.74 bits per heavy atom. The third kappa shape index (κ3) is 8.02. The monoisotopic (exact) mass is 375 g/mol. The highest BCUT2D eigenvalue weighted by atomic mass is 16.5. The van der Waals surface area contributed by atoms with Gasteiger partial charge in [-0.25, -0.2) is 10.2 Å². The van der Waals surface area contributed by atoms with E-state index in [9.17, 15) is 14.4 Å². The van der Waals surface area contributed by atoms with Gasteiger partial charge >= 0.3 is 6.09 Å². The van der Waals surface area contributed by atoms with Crippen LogP contribution >= 0.6 is 0 Å². The molecule has 2 N–H and O–H groups in total. The van der Waals surface area contributed by atoms with E-state index in [0.717, 1.165) is 16.8 Å². The molecule has 0 radical (unpaired) electrons. The number of carbonyl (C=O) groups is 3. The van der Waals surface area contributed by atoms with Crippen molar-refractivity contribution >= 4 is 29.2 Å². The van der Waals surface area contributed by atoms with Crippen LogP contribution in [-0.4, -0.2) is 30.6 Å². The van der Waals surface area contributed by atoms with Crippen LogP contribution in [0.1, 0.15) is 51.2 Å². The van der Waals surface area contributed by atoms with Crippen LogP contribution in [0.15, 0.2) is 23.3 Å². The second-order valence-electron chi connectivity index (χ2n) is 7.48. The van der Waals surface area contributed by atoms with Crippen molar-refractivity contribution in [3.63, 3.8) is 0 Å². The lowest BCUT2D eigenvalue weighted by atomic mass is 9.87. The summed E-state index contributed by atoms with van der Waals surface area (Å²) in [5, 5.41) is 6.78. The summed E-state index contributed by atoms with van der Waals surface area (Å²) in [7, 11) is 1.22. The molecule has 0 saturated heterocycles. The summed E-state index contributed by atoms with van der Waals surface area (Å²) >= 11 is 0. The van der Waals surface area contributed by atoms with Crippen LogP contribution < -0.4 is 10.7 Å². The Kier molecular flexibility index (Phi) is 8.15. The van der Waals surface area contributed by atoms with Gasteiger partial charge in [0.2, 0.25) is 5.91 Å². The first kappa shape index (κ1) is 22.3. The Balaban J connectivity index is 2.73. The minimum absolute atomic E-state index is 0.0255. The van der Waals surface area contributed by atoms with Gasteiger partial charge in [-0.3, -0.25) is 9.59 Å². The van der Waals surface area contributed by atoms with Gasteiger partial charge in [0, 0.05) is 29.7 Å². The first-order valence-corrected chi connectivity index (χ1v) is 8.82. The molecule has 27 heavy (non-hydrogen) atoms. The first-order valence-electron chi connectivity index (χ1n) is 8.82. The fourth-order valence-electron chi connectivity index (χ4n) is 2.11. The van der Waals surface area contributed by atoms with Crippen LogP contribution in [0.4, 0.5) is 10.5 Å². The number of hydrogen-bond donors (Lipinski definition) is 2. The van der Waals surface area contributed by atoms with Gasteiger partial charge in [-0.05, 0) is 43.5 Å². The smallest absolute Gasteiger partial charge is 0.427 e. The molecule has 1 aromatic rings. The molecule has 0 aliphatic carbocycles. The molecule has 1 rings (SSSR count). The van der Waals surface area contributed by atoms with Crippen LogP contribution in [0.2, 0.25) is 0 Å². The number of aryl methyl sites for hydroxylation is 2. The lowest BCUT2D eigenvalue weighted by Crippen LogP contribution is -2.26. The van der Waals surface area contributed by atoms with E-state index in [4.69, 9.17) is 0 Å². The van der Waals surface area contributed by atoms with Crippen molar-refractivity contribution in [1.29, 1.82) is 0 Å². The van der Waals surface area contributed by atoms with Crippen molar-refractivity contribution in [2.45, 2.75) is 53.9 Å². The molecule has 0 saturated carbocycles. The van der Waals surface area contributed by atoms with Gasteiger partial charge in [-0.15, -0.1) is 0 Å². The highest BCUT2D eigenvalue weighted by Crippen LogP contribution is 2.18. The van der Waals surface area contributed by atoms with E-state index < -0.39 is 11.5 Å². The predicted octanol–water partition coefficient (Wildman–Crippen LogP) is 3.74. The number of methoxy groups -OCH3 is 1. The summed E-state index contributed by atoms with van der Waals surface area (Å²) in [4.78, 5) is 35.7. The minimum atomic E-state index is -0.727. The van der Waals surface area contributed by atoms with Crippen molar-refractivity contribution in [2.75, 3.05) is 12.4 Å². The quantitative estimate of drug-likeness (QED) is 0.560. The Morgan fingerprint density at radius 3 is 2.30 bits per heavy atom. The number of ketones is 1. The molecule has 0 fully saturated rings. The normalized spacial score (nSPS) is 11.7. The number of hydrogen-bond acceptors (Lipinski definition) is 5. The molecule has 7 nitrogen and oxygen atoms in total. The molecule has 7 heteroatoms. The van der Waals surface area contributed by atoms with E-state index in [1.807, 2.05) is 52.8 Å². The average Bonchev–Trinajstić information content (AvgIpc) is 2.59. The first-order chi connectivity index (χ1) is 12.5. The predicted molar refractivity (Wildman–Crippen MR) is 106 cm³/mol. The van der Waals surface area contributed by atoms with Crippen LogP contribution in [0, 0.1) is 19.3 Å². The van der Waals surface area contributed by atoms with Gasteiger partial charge in [0.05, 0.1) is 7.11 Å². The summed E-state index contributed by atoms with van der Waals surface area (Å²) in [6.45, 7) is 9.42. The maximum Gasteiger partial charge on any atom is 0.427 e. The highest BCUT2D eigenvalue weighted by molar-refractivity contribution is 6.05. The van der Waals surface area contributed by atoms with Gasteiger partial charge < -0.3 is 10.1 Å². The largest absolute Gasteiger partial charge is 0.452 e. The number of ether oxygens (including phenoxy) is 1. The number of nitrogens with one attached hydrogen (secondary N) is 2. The Labute approximate surface area is 160 Å². The number of nitrogens with zero attached hydrogens (tertiary/aromatic N) is 1. The summed E-state index contributed by atoms with van der Waals surface area (Å²) in [5.74, 6) is -0.213. The molecule has 0 aliphatic rings. The van der Waals surface area contributed by atoms with Crippen molar-refractivity contribution in [1.82, 2.24) is 5.43 Å². The zero-order chi connectivity index (χ0) is 20.6. The van der Waals surface area contributed by atoms with E-state index in [1.54, 1.807) is 0 Å². The molecular weight excluding hydrogens is 346 g/mol. The Hall–Kier alpha value is -2.70. The second kappa shape index (κ2) is 9.85. The van der Waals surface area contributed by atoms with Crippen molar-refractivity contribution in [2.24, 2.45) is 10.5 Å². The number of hydrazone groups is 1. The molecule has 2 amide bonds. The second-order valence-corrected chi connectivity index (χ2v) is 7.48. The lowest BCUT2D eigenvalue weighted by Gasteiger charge is -2.17. The van der Waals surface area contributed by atoms with E-state index in [-0.39, 0.29) is 31.0 Å². The summed E-state index contributed by atoms with van der Waals surface area (Å²) < 4.78 is 4.48. The number of amides is 2. The SMILES string of the molecule is COC(=O)NN=C(CCC(=O)Nc1ccc(C)c(C)c1)CC(=O)C(C)(C)C. The van der Waals surface area contributed by atoms with E-state index in [0.29, 0.717) is 5.71 Å². The van der Waals surface area contributed by atoms with Crippen LogP contribution in [-0.2, 0) is 14.3 Å². The van der Waals surface area contributed by atoms with Crippen LogP contribution in [0.3, 0.4) is 0 Å². The van der Waals surface area contributed by atoms with Gasteiger partial charge in [0.25, 0.3) is 0 Å². The maximum absolute atomic E-state index is 12.3. The molecule has 0 aromatic heterocycles. The summed E-state index contributed by atoms with van der Waals surface area (Å²) in [5.41, 5.74) is 5.07. The van der Waals surface area contributed by atoms with Crippen molar-refractivity contribution in [3.8, 4) is 0 Å². The zero-order valence-corrected chi connectivity index (χ0v) is 16.9. The Bertz CT molecular complexity index is 733. The van der Waals surface area contributed by atoms with E-state index >= 15 is 0 Å². The number of Topliss-reactive ketones (excluding diaryl/α,β-unsaturated/α-hetero) is 1. The molecule has 0 spiro atoms. The van der Waals surface area contributed by atoms with Gasteiger partial charge in [-0.1, -0.05) is 26.8 Å². The van der Waals surface area contributed by atoms with E-state index in [1.165, 1.54) is 7.11 Å². The summed E-state index contributed by atoms with van der Waals surface area (Å²) in [6, 6.07) is 5.70. The van der Waals surface area contributed by atoms with Crippen molar-refractivity contribution in [3.05, 3.63) is 29.3 Å². The number of anilines is 1. The molecule has 0 aliphatic heterocycles. The fourth-order valence-corrected chi connectivity index (χ4v) is 2.11. The number of rotatable bonds is 7. The van der Waals surface area contributed by atoms with Crippen molar-refractivity contribution < 1.29 is 19.1 Å². The highest BCUT2D eigenvalue weighted by Gasteiger charge is 2.23. The summed E-state index contributed by atoms with van der Waals surface area (Å²) in [6.07, 6.45) is -0.269. The molecule has 0 bridgehead atoms. The molecular formula is C20H29N3O4. The molecule has 0 unspecified atom stereocenters. The number of carbonyl (C=O) groups excluding carboxylic acids is 3. The average molecular weight is 375 g/mol. The maximum atomic E-state index is 12.3. The van der Waals surface area contributed by atoms with Gasteiger partial charge in [0.15, 0.2) is 0 Å². The standard InChI is InChI=1S/C20H29N3O4/c1-13-7-8-15(11-14(13)2)21-18(25)10-9-16(22-23-19(26)27-6)12-17(24)20(3,4)5/h7-8,11H,9-10,12H2,1-6H3,(H,21,25)(H,23,26). The topological polar surface area (TPSA) is 96.9 Å². The number of benzene rings is 1. The minimum Gasteiger partial charge on any atom is -0.452 e. The fraction of sp³-hybridized carbons (Fsp3) is 0.500. The van der Waals surface area contributed by atoms with Gasteiger partial charge in [0.1, 0.15) is 5.78 Å². The van der Waals surface area contributed by atoms with Gasteiger partial charge in [-0.2, -0.15) is 5.10 Å².